The van der Waals surface area contributed by atoms with Gasteiger partial charge in [-0.3, -0.25) is 4.79 Å². The number of H-pyrrole nitrogens is 1. The highest BCUT2D eigenvalue weighted by atomic mass is 35.5. The van der Waals surface area contributed by atoms with Crippen LogP contribution in [0.5, 0.6) is 0 Å². The number of hydrogen-bond donors (Lipinski definition) is 2. The molecule has 0 saturated heterocycles. The first-order chi connectivity index (χ1) is 11.1. The minimum Gasteiger partial charge on any atom is -0.338 e. The molecular weight excluding hydrogens is 333 g/mol. The molecule has 116 valence electrons. The Morgan fingerprint density at radius 3 is 2.74 bits per heavy atom. The van der Waals surface area contributed by atoms with Crippen molar-refractivity contribution in [1.29, 1.82) is 0 Å². The molecule has 0 saturated carbocycles. The van der Waals surface area contributed by atoms with Crippen LogP contribution in [0.25, 0.3) is 22.4 Å². The van der Waals surface area contributed by atoms with Gasteiger partial charge in [0.2, 0.25) is 5.91 Å². The van der Waals surface area contributed by atoms with Crippen LogP contribution < -0.4 is 5.32 Å². The zero-order valence-electron chi connectivity index (χ0n) is 12.3. The Kier molecular flexibility index (Phi) is 3.32. The molecule has 6 heteroatoms. The van der Waals surface area contributed by atoms with Crippen molar-refractivity contribution < 1.29 is 4.79 Å². The lowest BCUT2D eigenvalue weighted by Gasteiger charge is -2.03. The van der Waals surface area contributed by atoms with Gasteiger partial charge in [0.1, 0.15) is 5.82 Å². The largest absolute Gasteiger partial charge is 0.338 e. The number of anilines is 1. The molecule has 0 fully saturated rings. The molecule has 2 aromatic carbocycles. The lowest BCUT2D eigenvalue weighted by atomic mass is 9.98. The third-order valence-electron chi connectivity index (χ3n) is 4.20. The number of rotatable bonds is 2. The summed E-state index contributed by atoms with van der Waals surface area (Å²) < 4.78 is 0. The second-order valence-corrected chi connectivity index (χ2v) is 6.44. The van der Waals surface area contributed by atoms with E-state index in [1.807, 2.05) is 25.1 Å². The second-order valence-electron chi connectivity index (χ2n) is 5.62. The SMILES string of the molecule is CCC1C(=O)Nc2cc3[nH]c(-c4ccc(Cl)c(Cl)c4)nc3cc21. The fraction of sp³-hybridized carbons (Fsp3) is 0.176. The van der Waals surface area contributed by atoms with Crippen molar-refractivity contribution in [2.24, 2.45) is 0 Å². The van der Waals surface area contributed by atoms with Gasteiger partial charge in [-0.15, -0.1) is 0 Å². The first-order valence-corrected chi connectivity index (χ1v) is 8.12. The van der Waals surface area contributed by atoms with Gasteiger partial charge in [0.05, 0.1) is 27.0 Å². The molecule has 1 aliphatic rings. The number of hydrogen-bond acceptors (Lipinski definition) is 2. The molecule has 0 spiro atoms. The number of aromatic nitrogens is 2. The van der Waals surface area contributed by atoms with E-state index in [0.717, 1.165) is 40.1 Å². The molecule has 4 nitrogen and oxygen atoms in total. The predicted molar refractivity (Wildman–Crippen MR) is 93.2 cm³/mol. The van der Waals surface area contributed by atoms with Gasteiger partial charge in [-0.05, 0) is 42.3 Å². The van der Waals surface area contributed by atoms with Crippen LogP contribution in [-0.4, -0.2) is 15.9 Å². The van der Waals surface area contributed by atoms with Crippen LogP contribution in [0.15, 0.2) is 30.3 Å². The third kappa shape index (κ3) is 2.30. The van der Waals surface area contributed by atoms with Gasteiger partial charge in [-0.1, -0.05) is 30.1 Å². The van der Waals surface area contributed by atoms with E-state index in [-0.39, 0.29) is 11.8 Å². The zero-order valence-corrected chi connectivity index (χ0v) is 13.8. The summed E-state index contributed by atoms with van der Waals surface area (Å²) in [6.45, 7) is 2.01. The van der Waals surface area contributed by atoms with E-state index in [2.05, 4.69) is 15.3 Å². The van der Waals surface area contributed by atoms with Crippen molar-refractivity contribution >= 4 is 45.8 Å². The average molecular weight is 346 g/mol. The molecule has 2 N–H and O–H groups in total. The Hall–Kier alpha value is -2.04. The Balaban J connectivity index is 1.83. The van der Waals surface area contributed by atoms with Crippen molar-refractivity contribution in [3.05, 3.63) is 45.9 Å². The number of halogens is 2. The highest BCUT2D eigenvalue weighted by Crippen LogP contribution is 2.37. The summed E-state index contributed by atoms with van der Waals surface area (Å²) in [5, 5.41) is 3.93. The normalized spacial score (nSPS) is 16.7. The highest BCUT2D eigenvalue weighted by molar-refractivity contribution is 6.42. The number of nitrogens with one attached hydrogen (secondary N) is 2. The van der Waals surface area contributed by atoms with Crippen molar-refractivity contribution in [2.75, 3.05) is 5.32 Å². The lowest BCUT2D eigenvalue weighted by Crippen LogP contribution is -2.10. The maximum absolute atomic E-state index is 12.0. The van der Waals surface area contributed by atoms with Crippen LogP contribution in [0.4, 0.5) is 5.69 Å². The van der Waals surface area contributed by atoms with Crippen LogP contribution in [0.3, 0.4) is 0 Å². The summed E-state index contributed by atoms with van der Waals surface area (Å²) in [4.78, 5) is 19.9. The Labute approximate surface area is 142 Å². The van der Waals surface area contributed by atoms with Crippen LogP contribution in [0.2, 0.25) is 10.0 Å². The summed E-state index contributed by atoms with van der Waals surface area (Å²) in [6.07, 6.45) is 0.772. The topological polar surface area (TPSA) is 57.8 Å². The standard InChI is InChI=1S/C17H13Cl2N3O/c1-2-9-10-6-14-15(7-13(10)22-17(9)23)21-16(20-14)8-3-4-11(18)12(19)5-8/h3-7,9H,2H2,1H3,(H,20,21)(H,22,23). The van der Waals surface area contributed by atoms with E-state index in [1.54, 1.807) is 12.1 Å². The van der Waals surface area contributed by atoms with Gasteiger partial charge < -0.3 is 10.3 Å². The number of nitrogens with zero attached hydrogens (tertiary/aromatic N) is 1. The Morgan fingerprint density at radius 2 is 2.00 bits per heavy atom. The molecule has 4 rings (SSSR count). The fourth-order valence-corrected chi connectivity index (χ4v) is 3.31. The molecule has 1 atom stereocenters. The second kappa shape index (κ2) is 5.25. The number of carbonyl (C=O) groups is 1. The van der Waals surface area contributed by atoms with Gasteiger partial charge in [-0.25, -0.2) is 4.98 Å². The van der Waals surface area contributed by atoms with Crippen molar-refractivity contribution in [2.45, 2.75) is 19.3 Å². The van der Waals surface area contributed by atoms with E-state index in [4.69, 9.17) is 23.2 Å². The van der Waals surface area contributed by atoms with Gasteiger partial charge in [0, 0.05) is 11.3 Å². The Bertz CT molecular complexity index is 948. The Morgan fingerprint density at radius 1 is 1.17 bits per heavy atom. The van der Waals surface area contributed by atoms with Crippen molar-refractivity contribution in [3.63, 3.8) is 0 Å². The molecular formula is C17H13Cl2N3O. The quantitative estimate of drug-likeness (QED) is 0.687. The summed E-state index contributed by atoms with van der Waals surface area (Å²) in [5.74, 6) is 0.681. The molecule has 23 heavy (non-hydrogen) atoms. The van der Waals surface area contributed by atoms with Crippen LogP contribution in [0.1, 0.15) is 24.8 Å². The summed E-state index contributed by atoms with van der Waals surface area (Å²) >= 11 is 12.0. The van der Waals surface area contributed by atoms with Crippen LogP contribution >= 0.6 is 23.2 Å². The number of imidazole rings is 1. The molecule has 2 heterocycles. The summed E-state index contributed by atoms with van der Waals surface area (Å²) in [6, 6.07) is 9.32. The number of fused-ring (bicyclic) bond motifs is 2. The minimum atomic E-state index is -0.0977. The molecule has 3 aromatic rings. The molecule has 0 radical (unpaired) electrons. The lowest BCUT2D eigenvalue weighted by molar-refractivity contribution is -0.117. The average Bonchev–Trinajstić information content (AvgIpc) is 3.06. The number of aromatic amines is 1. The van der Waals surface area contributed by atoms with Crippen molar-refractivity contribution in [3.8, 4) is 11.4 Å². The van der Waals surface area contributed by atoms with Crippen molar-refractivity contribution in [1.82, 2.24) is 9.97 Å². The predicted octanol–water partition coefficient (Wildman–Crippen LogP) is 4.98. The zero-order chi connectivity index (χ0) is 16.1. The van der Waals surface area contributed by atoms with E-state index in [9.17, 15) is 4.79 Å². The molecule has 0 aliphatic carbocycles. The number of carbonyl (C=O) groups excluding carboxylic acids is 1. The van der Waals surface area contributed by atoms with E-state index in [0.29, 0.717) is 10.0 Å². The van der Waals surface area contributed by atoms with Crippen LogP contribution in [-0.2, 0) is 4.79 Å². The van der Waals surface area contributed by atoms with Gasteiger partial charge >= 0.3 is 0 Å². The van der Waals surface area contributed by atoms with E-state index in [1.165, 1.54) is 0 Å². The van der Waals surface area contributed by atoms with Gasteiger partial charge in [0.25, 0.3) is 0 Å². The summed E-state index contributed by atoms with van der Waals surface area (Å²) in [7, 11) is 0. The minimum absolute atomic E-state index is 0.0554. The van der Waals surface area contributed by atoms with E-state index < -0.39 is 0 Å². The van der Waals surface area contributed by atoms with E-state index >= 15 is 0 Å². The molecule has 1 amide bonds. The molecule has 1 unspecified atom stereocenters. The molecule has 0 bridgehead atoms. The smallest absolute Gasteiger partial charge is 0.231 e. The monoisotopic (exact) mass is 345 g/mol. The highest BCUT2D eigenvalue weighted by Gasteiger charge is 2.29. The van der Waals surface area contributed by atoms with Crippen LogP contribution in [0, 0.1) is 0 Å². The first kappa shape index (κ1) is 14.5. The molecule has 1 aliphatic heterocycles. The molecule has 1 aromatic heterocycles. The maximum Gasteiger partial charge on any atom is 0.231 e. The van der Waals surface area contributed by atoms with Gasteiger partial charge in [0.15, 0.2) is 0 Å². The summed E-state index contributed by atoms with van der Waals surface area (Å²) in [5.41, 5.74) is 4.45. The third-order valence-corrected chi connectivity index (χ3v) is 4.94. The first-order valence-electron chi connectivity index (χ1n) is 7.36. The number of amides is 1. The number of benzene rings is 2. The maximum atomic E-state index is 12.0. The van der Waals surface area contributed by atoms with Gasteiger partial charge in [-0.2, -0.15) is 0 Å². The fourth-order valence-electron chi connectivity index (χ4n) is 3.02.